The van der Waals surface area contributed by atoms with Crippen LogP contribution >= 0.6 is 0 Å². The van der Waals surface area contributed by atoms with E-state index in [9.17, 15) is 18.0 Å². The molecule has 3 heterocycles. The summed E-state index contributed by atoms with van der Waals surface area (Å²) in [7, 11) is 0. The molecule has 3 rings (SSSR count). The fourth-order valence-corrected chi connectivity index (χ4v) is 3.08. The first-order valence-electron chi connectivity index (χ1n) is 8.89. The Kier molecular flexibility index (Phi) is 5.43. The lowest BCUT2D eigenvalue weighted by atomic mass is 10.1. The Morgan fingerprint density at radius 1 is 1.36 bits per heavy atom. The van der Waals surface area contributed by atoms with E-state index in [0.29, 0.717) is 19.5 Å². The van der Waals surface area contributed by atoms with E-state index in [2.05, 4.69) is 25.6 Å². The molecule has 1 amide bonds. The van der Waals surface area contributed by atoms with Gasteiger partial charge in [-0.1, -0.05) is 0 Å². The van der Waals surface area contributed by atoms with Gasteiger partial charge in [-0.25, -0.2) is 19.7 Å². The molecule has 0 aromatic carbocycles. The highest BCUT2D eigenvalue weighted by Gasteiger charge is 2.34. The Hall–Kier alpha value is -2.85. The average molecular weight is 398 g/mol. The van der Waals surface area contributed by atoms with E-state index in [0.717, 1.165) is 12.5 Å². The van der Waals surface area contributed by atoms with Crippen LogP contribution in [0.3, 0.4) is 0 Å². The van der Waals surface area contributed by atoms with Crippen molar-refractivity contribution in [3.8, 4) is 0 Å². The van der Waals surface area contributed by atoms with Gasteiger partial charge < -0.3 is 20.6 Å². The van der Waals surface area contributed by atoms with Gasteiger partial charge in [-0.3, -0.25) is 0 Å². The first-order valence-corrected chi connectivity index (χ1v) is 8.89. The molecule has 152 valence electrons. The molecule has 1 atom stereocenters. The maximum atomic E-state index is 13.1. The number of fused-ring (bicyclic) bond motifs is 1. The number of piperidine rings is 1. The summed E-state index contributed by atoms with van der Waals surface area (Å²) >= 11 is 0. The standard InChI is InChI=1S/C17H21F3N6O2/c1-9(2)22-14-13-10(6-12(24-14)17(18,19)20)7-21-15(25-13)23-11-4-3-5-26(8-11)16(27)28/h6-7,9,11H,3-5,8H2,1-2H3,(H,22,24)(H,27,28)(H,21,23,25)/t11-/m0/s1. The molecule has 1 fully saturated rings. The summed E-state index contributed by atoms with van der Waals surface area (Å²) in [6.07, 6.45) is -2.81. The summed E-state index contributed by atoms with van der Waals surface area (Å²) in [5.74, 6) is 0.249. The van der Waals surface area contributed by atoms with Gasteiger partial charge in [0, 0.05) is 36.8 Å². The zero-order chi connectivity index (χ0) is 20.5. The fourth-order valence-electron chi connectivity index (χ4n) is 3.08. The normalized spacial score (nSPS) is 17.8. The zero-order valence-corrected chi connectivity index (χ0v) is 15.4. The molecule has 0 aliphatic carbocycles. The van der Waals surface area contributed by atoms with E-state index in [4.69, 9.17) is 5.11 Å². The lowest BCUT2D eigenvalue weighted by molar-refractivity contribution is -0.141. The van der Waals surface area contributed by atoms with Gasteiger partial charge in [0.15, 0.2) is 5.82 Å². The van der Waals surface area contributed by atoms with Crippen molar-refractivity contribution in [2.24, 2.45) is 0 Å². The van der Waals surface area contributed by atoms with Crippen LogP contribution in [0.2, 0.25) is 0 Å². The SMILES string of the molecule is CC(C)Nc1nc(C(F)(F)F)cc2cnc(N[C@H]3CCCN(C(=O)O)C3)nc12. The van der Waals surface area contributed by atoms with Crippen molar-refractivity contribution in [2.45, 2.75) is 44.9 Å². The van der Waals surface area contributed by atoms with Crippen LogP contribution in [0.25, 0.3) is 10.9 Å². The summed E-state index contributed by atoms with van der Waals surface area (Å²) in [5, 5.41) is 15.3. The topological polar surface area (TPSA) is 103 Å². The molecule has 0 unspecified atom stereocenters. The average Bonchev–Trinajstić information content (AvgIpc) is 2.61. The molecule has 2 aromatic rings. The van der Waals surface area contributed by atoms with Gasteiger partial charge in [-0.05, 0) is 32.8 Å². The van der Waals surface area contributed by atoms with Crippen LogP contribution in [0.5, 0.6) is 0 Å². The summed E-state index contributed by atoms with van der Waals surface area (Å²) in [4.78, 5) is 24.6. The molecular formula is C17H21F3N6O2. The van der Waals surface area contributed by atoms with Gasteiger partial charge in [-0.2, -0.15) is 13.2 Å². The minimum Gasteiger partial charge on any atom is -0.465 e. The number of alkyl halides is 3. The minimum atomic E-state index is -4.58. The van der Waals surface area contributed by atoms with Crippen LogP contribution < -0.4 is 10.6 Å². The number of anilines is 2. The zero-order valence-electron chi connectivity index (χ0n) is 15.4. The first-order chi connectivity index (χ1) is 13.1. The highest BCUT2D eigenvalue weighted by molar-refractivity contribution is 5.89. The summed E-state index contributed by atoms with van der Waals surface area (Å²) in [6, 6.07) is 0.594. The number of carboxylic acid groups (broad SMARTS) is 1. The first kappa shape index (κ1) is 19.9. The number of halogens is 3. The van der Waals surface area contributed by atoms with E-state index < -0.39 is 18.0 Å². The molecule has 3 N–H and O–H groups in total. The molecule has 0 radical (unpaired) electrons. The van der Waals surface area contributed by atoms with E-state index in [1.54, 1.807) is 13.8 Å². The highest BCUT2D eigenvalue weighted by Crippen LogP contribution is 2.32. The van der Waals surface area contributed by atoms with Crippen molar-refractivity contribution in [1.29, 1.82) is 0 Å². The number of amides is 1. The molecule has 11 heteroatoms. The predicted octanol–water partition coefficient (Wildman–Crippen LogP) is 3.42. The second-order valence-corrected chi connectivity index (χ2v) is 7.00. The van der Waals surface area contributed by atoms with Crippen LogP contribution in [0.4, 0.5) is 29.7 Å². The molecule has 0 saturated carbocycles. The van der Waals surface area contributed by atoms with E-state index in [-0.39, 0.29) is 34.8 Å². The van der Waals surface area contributed by atoms with Crippen LogP contribution in [0.1, 0.15) is 32.4 Å². The molecule has 1 aliphatic heterocycles. The number of nitrogens with zero attached hydrogens (tertiary/aromatic N) is 4. The highest BCUT2D eigenvalue weighted by atomic mass is 19.4. The van der Waals surface area contributed by atoms with Gasteiger partial charge >= 0.3 is 12.3 Å². The number of hydrogen-bond acceptors (Lipinski definition) is 6. The van der Waals surface area contributed by atoms with Crippen molar-refractivity contribution in [1.82, 2.24) is 19.9 Å². The van der Waals surface area contributed by atoms with Gasteiger partial charge in [0.2, 0.25) is 5.95 Å². The third kappa shape index (κ3) is 4.52. The van der Waals surface area contributed by atoms with Crippen LogP contribution in [-0.2, 0) is 6.18 Å². The van der Waals surface area contributed by atoms with Gasteiger partial charge in [-0.15, -0.1) is 0 Å². The third-order valence-electron chi connectivity index (χ3n) is 4.31. The summed E-state index contributed by atoms with van der Waals surface area (Å²) in [6.45, 7) is 4.34. The van der Waals surface area contributed by atoms with Gasteiger partial charge in [0.25, 0.3) is 0 Å². The molecule has 8 nitrogen and oxygen atoms in total. The summed E-state index contributed by atoms with van der Waals surface area (Å²) in [5.41, 5.74) is -0.748. The Balaban J connectivity index is 1.92. The Labute approximate surface area is 159 Å². The maximum absolute atomic E-state index is 13.1. The Morgan fingerprint density at radius 3 is 2.75 bits per heavy atom. The maximum Gasteiger partial charge on any atom is 0.433 e. The number of hydrogen-bond donors (Lipinski definition) is 3. The lowest BCUT2D eigenvalue weighted by Gasteiger charge is -2.31. The number of rotatable bonds is 4. The molecular weight excluding hydrogens is 377 g/mol. The number of carbonyl (C=O) groups is 1. The lowest BCUT2D eigenvalue weighted by Crippen LogP contribution is -2.44. The van der Waals surface area contributed by atoms with Crippen LogP contribution in [0, 0.1) is 0 Å². The van der Waals surface area contributed by atoms with Crippen molar-refractivity contribution >= 4 is 28.8 Å². The van der Waals surface area contributed by atoms with Gasteiger partial charge in [0.1, 0.15) is 11.2 Å². The molecule has 1 aliphatic rings. The van der Waals surface area contributed by atoms with Gasteiger partial charge in [0.05, 0.1) is 0 Å². The second kappa shape index (κ2) is 7.64. The Bertz CT molecular complexity index is 874. The minimum absolute atomic E-state index is 0.0288. The van der Waals surface area contributed by atoms with E-state index in [1.165, 1.54) is 11.1 Å². The quantitative estimate of drug-likeness (QED) is 0.725. The molecule has 28 heavy (non-hydrogen) atoms. The molecule has 0 bridgehead atoms. The molecule has 2 aromatic heterocycles. The van der Waals surface area contributed by atoms with Crippen molar-refractivity contribution in [3.63, 3.8) is 0 Å². The largest absolute Gasteiger partial charge is 0.465 e. The molecule has 0 spiro atoms. The predicted molar refractivity (Wildman–Crippen MR) is 97.3 cm³/mol. The number of aromatic nitrogens is 3. The number of nitrogens with one attached hydrogen (secondary N) is 2. The monoisotopic (exact) mass is 398 g/mol. The fraction of sp³-hybridized carbons (Fsp3) is 0.529. The summed E-state index contributed by atoms with van der Waals surface area (Å²) < 4.78 is 39.4. The van der Waals surface area contributed by atoms with Crippen molar-refractivity contribution in [2.75, 3.05) is 23.7 Å². The molecule has 1 saturated heterocycles. The number of likely N-dealkylation sites (tertiary alicyclic amines) is 1. The van der Waals surface area contributed by atoms with Crippen molar-refractivity contribution in [3.05, 3.63) is 18.0 Å². The van der Waals surface area contributed by atoms with E-state index >= 15 is 0 Å². The number of pyridine rings is 1. The van der Waals surface area contributed by atoms with E-state index in [1.807, 2.05) is 0 Å². The second-order valence-electron chi connectivity index (χ2n) is 7.00. The van der Waals surface area contributed by atoms with Crippen LogP contribution in [0.15, 0.2) is 12.3 Å². The smallest absolute Gasteiger partial charge is 0.433 e. The Morgan fingerprint density at radius 2 is 2.11 bits per heavy atom. The van der Waals surface area contributed by atoms with Crippen molar-refractivity contribution < 1.29 is 23.1 Å². The van der Waals surface area contributed by atoms with Crippen LogP contribution in [-0.4, -0.2) is 56.2 Å². The third-order valence-corrected chi connectivity index (χ3v) is 4.31.